The van der Waals surface area contributed by atoms with Gasteiger partial charge in [0, 0.05) is 12.5 Å². The summed E-state index contributed by atoms with van der Waals surface area (Å²) in [5, 5.41) is 0. The minimum absolute atomic E-state index is 0.152. The summed E-state index contributed by atoms with van der Waals surface area (Å²) in [5.74, 6) is -2.92. The van der Waals surface area contributed by atoms with Crippen LogP contribution in [0.4, 0.5) is 13.2 Å². The van der Waals surface area contributed by atoms with E-state index in [2.05, 4.69) is 0 Å². The van der Waals surface area contributed by atoms with Gasteiger partial charge in [0.1, 0.15) is 5.67 Å². The van der Waals surface area contributed by atoms with E-state index >= 15 is 0 Å². The zero-order chi connectivity index (χ0) is 11.0. The van der Waals surface area contributed by atoms with Gasteiger partial charge in [-0.15, -0.1) is 0 Å². The summed E-state index contributed by atoms with van der Waals surface area (Å²) in [6.07, 6.45) is 0. The maximum absolute atomic E-state index is 13.4. The topological polar surface area (TPSA) is 0 Å². The number of rotatable bonds is 2. The van der Waals surface area contributed by atoms with Crippen molar-refractivity contribution in [3.63, 3.8) is 0 Å². The molecule has 0 saturated carbocycles. The number of hydrogen-bond acceptors (Lipinski definition) is 0. The van der Waals surface area contributed by atoms with Crippen molar-refractivity contribution in [3.05, 3.63) is 35.4 Å². The van der Waals surface area contributed by atoms with Crippen molar-refractivity contribution in [1.82, 2.24) is 0 Å². The Labute approximate surface area is 81.8 Å². The molecule has 0 atom stereocenters. The monoisotopic (exact) mass is 202 g/mol. The normalized spacial score (nSPS) is 13.0. The Kier molecular flexibility index (Phi) is 2.61. The molecule has 0 bridgehead atoms. The van der Waals surface area contributed by atoms with Crippen LogP contribution in [-0.4, -0.2) is 0 Å². The van der Waals surface area contributed by atoms with Gasteiger partial charge < -0.3 is 0 Å². The van der Waals surface area contributed by atoms with Gasteiger partial charge >= 0.3 is 0 Å². The van der Waals surface area contributed by atoms with Crippen molar-refractivity contribution in [2.75, 3.05) is 0 Å². The van der Waals surface area contributed by atoms with Crippen LogP contribution in [0.15, 0.2) is 24.3 Å². The third kappa shape index (κ3) is 2.50. The molecule has 0 fully saturated rings. The molecule has 0 nitrogen and oxygen atoms in total. The number of hydrogen-bond donors (Lipinski definition) is 0. The molecule has 0 saturated heterocycles. The summed E-state index contributed by atoms with van der Waals surface area (Å²) in [5.41, 5.74) is -1.46. The minimum Gasteiger partial charge on any atom is -0.239 e. The molecule has 0 heterocycles. The van der Waals surface area contributed by atoms with Gasteiger partial charge in [0.05, 0.1) is 0 Å². The summed E-state index contributed by atoms with van der Waals surface area (Å²) in [6, 6.07) is 5.47. The van der Waals surface area contributed by atoms with Crippen LogP contribution in [0.3, 0.4) is 0 Å². The van der Waals surface area contributed by atoms with Crippen LogP contribution in [0.2, 0.25) is 0 Å². The smallest absolute Gasteiger partial charge is 0.239 e. The summed E-state index contributed by atoms with van der Waals surface area (Å²) in [4.78, 5) is 0. The lowest BCUT2D eigenvalue weighted by atomic mass is 9.96. The lowest BCUT2D eigenvalue weighted by Crippen LogP contribution is -2.12. The average molecular weight is 202 g/mol. The van der Waals surface area contributed by atoms with Gasteiger partial charge in [-0.2, -0.15) is 0 Å². The van der Waals surface area contributed by atoms with E-state index in [9.17, 15) is 13.2 Å². The highest BCUT2D eigenvalue weighted by Crippen LogP contribution is 2.31. The molecular formula is C11H13F3. The van der Waals surface area contributed by atoms with Crippen LogP contribution >= 0.6 is 0 Å². The summed E-state index contributed by atoms with van der Waals surface area (Å²) in [6.45, 7) is 3.50. The van der Waals surface area contributed by atoms with Crippen LogP contribution in [0.5, 0.6) is 0 Å². The van der Waals surface area contributed by atoms with Crippen LogP contribution in [0, 0.1) is 0 Å². The molecular weight excluding hydrogens is 189 g/mol. The van der Waals surface area contributed by atoms with E-state index in [0.717, 1.165) is 6.92 Å². The van der Waals surface area contributed by atoms with Gasteiger partial charge in [-0.3, -0.25) is 0 Å². The Balaban J connectivity index is 3.15. The Morgan fingerprint density at radius 3 is 1.86 bits per heavy atom. The van der Waals surface area contributed by atoms with Crippen molar-refractivity contribution in [2.45, 2.75) is 32.4 Å². The highest BCUT2D eigenvalue weighted by Gasteiger charge is 2.27. The predicted octanol–water partition coefficient (Wildman–Crippen LogP) is 4.00. The van der Waals surface area contributed by atoms with Gasteiger partial charge in [-0.05, 0) is 25.5 Å². The molecule has 1 aromatic rings. The Morgan fingerprint density at radius 1 is 0.929 bits per heavy atom. The lowest BCUT2D eigenvalue weighted by molar-refractivity contribution is 0.0172. The molecule has 0 aromatic heterocycles. The van der Waals surface area contributed by atoms with Crippen LogP contribution in [-0.2, 0) is 11.6 Å². The second kappa shape index (κ2) is 3.30. The zero-order valence-electron chi connectivity index (χ0n) is 8.44. The minimum atomic E-state index is -2.92. The standard InChI is InChI=1S/C11H13F3/c1-10(2,12)8-5-4-6-9(7-8)11(3,13)14/h4-7H,1-3H3. The van der Waals surface area contributed by atoms with Crippen LogP contribution < -0.4 is 0 Å². The van der Waals surface area contributed by atoms with Gasteiger partial charge in [0.15, 0.2) is 0 Å². The second-order valence-electron chi connectivity index (χ2n) is 3.94. The second-order valence-corrected chi connectivity index (χ2v) is 3.94. The van der Waals surface area contributed by atoms with E-state index in [1.807, 2.05) is 0 Å². The number of benzene rings is 1. The largest absolute Gasteiger partial charge is 0.270 e. The van der Waals surface area contributed by atoms with Gasteiger partial charge in [0.2, 0.25) is 0 Å². The van der Waals surface area contributed by atoms with E-state index in [-0.39, 0.29) is 11.1 Å². The molecule has 78 valence electrons. The quantitative estimate of drug-likeness (QED) is 0.679. The maximum Gasteiger partial charge on any atom is 0.270 e. The van der Waals surface area contributed by atoms with E-state index in [1.54, 1.807) is 0 Å². The predicted molar refractivity (Wildman–Crippen MR) is 50.1 cm³/mol. The zero-order valence-corrected chi connectivity index (χ0v) is 8.44. The van der Waals surface area contributed by atoms with Crippen molar-refractivity contribution >= 4 is 0 Å². The molecule has 1 aromatic carbocycles. The molecule has 0 unspecified atom stereocenters. The number of halogens is 3. The molecule has 0 amide bonds. The van der Waals surface area contributed by atoms with Gasteiger partial charge in [-0.25, -0.2) is 13.2 Å². The lowest BCUT2D eigenvalue weighted by Gasteiger charge is -2.17. The summed E-state index contributed by atoms with van der Waals surface area (Å²) >= 11 is 0. The van der Waals surface area contributed by atoms with Crippen molar-refractivity contribution in [2.24, 2.45) is 0 Å². The van der Waals surface area contributed by atoms with Gasteiger partial charge in [0.25, 0.3) is 5.92 Å². The molecule has 0 spiro atoms. The Hall–Kier alpha value is -0.990. The van der Waals surface area contributed by atoms with E-state index in [1.165, 1.54) is 38.1 Å². The molecule has 0 N–H and O–H groups in total. The molecule has 0 radical (unpaired) electrons. The Morgan fingerprint density at radius 2 is 1.43 bits per heavy atom. The molecule has 0 aliphatic heterocycles. The third-order valence-corrected chi connectivity index (χ3v) is 2.06. The SMILES string of the molecule is CC(C)(F)c1cccc(C(C)(F)F)c1. The van der Waals surface area contributed by atoms with Crippen LogP contribution in [0.25, 0.3) is 0 Å². The molecule has 1 rings (SSSR count). The average Bonchev–Trinajstić information content (AvgIpc) is 2.01. The van der Waals surface area contributed by atoms with Crippen molar-refractivity contribution in [1.29, 1.82) is 0 Å². The molecule has 14 heavy (non-hydrogen) atoms. The first kappa shape index (κ1) is 11.1. The molecule has 0 aliphatic carbocycles. The Bertz CT molecular complexity index is 289. The van der Waals surface area contributed by atoms with E-state index in [0.29, 0.717) is 0 Å². The van der Waals surface area contributed by atoms with Crippen LogP contribution in [0.1, 0.15) is 31.9 Å². The number of alkyl halides is 3. The fourth-order valence-electron chi connectivity index (χ4n) is 1.16. The fraction of sp³-hybridized carbons (Fsp3) is 0.455. The first-order chi connectivity index (χ1) is 6.21. The van der Waals surface area contributed by atoms with Crippen molar-refractivity contribution in [3.8, 4) is 0 Å². The molecule has 0 aliphatic rings. The summed E-state index contributed by atoms with van der Waals surface area (Å²) < 4.78 is 39.2. The van der Waals surface area contributed by atoms with E-state index < -0.39 is 11.6 Å². The highest BCUT2D eigenvalue weighted by molar-refractivity contribution is 5.29. The molecule has 3 heteroatoms. The van der Waals surface area contributed by atoms with Crippen molar-refractivity contribution < 1.29 is 13.2 Å². The first-order valence-electron chi connectivity index (χ1n) is 4.39. The fourth-order valence-corrected chi connectivity index (χ4v) is 1.16. The van der Waals surface area contributed by atoms with Gasteiger partial charge in [-0.1, -0.05) is 18.2 Å². The summed E-state index contributed by atoms with van der Waals surface area (Å²) in [7, 11) is 0. The maximum atomic E-state index is 13.4. The van der Waals surface area contributed by atoms with E-state index in [4.69, 9.17) is 0 Å². The third-order valence-electron chi connectivity index (χ3n) is 2.06. The first-order valence-corrected chi connectivity index (χ1v) is 4.39. The highest BCUT2D eigenvalue weighted by atomic mass is 19.3.